The van der Waals surface area contributed by atoms with Crippen molar-refractivity contribution in [3.8, 4) is 0 Å². The Hall–Kier alpha value is -2.32. The van der Waals surface area contributed by atoms with Gasteiger partial charge in [-0.15, -0.1) is 0 Å². The zero-order valence-corrected chi connectivity index (χ0v) is 12.8. The first-order valence-electron chi connectivity index (χ1n) is 6.79. The van der Waals surface area contributed by atoms with Gasteiger partial charge in [0.15, 0.2) is 0 Å². The molecule has 0 unspecified atom stereocenters. The summed E-state index contributed by atoms with van der Waals surface area (Å²) in [5.41, 5.74) is 0.371. The summed E-state index contributed by atoms with van der Waals surface area (Å²) in [5.74, 6) is 0.387. The topological polar surface area (TPSA) is 105 Å². The predicted molar refractivity (Wildman–Crippen MR) is 79.5 cm³/mol. The van der Waals surface area contributed by atoms with Crippen LogP contribution in [0, 0.1) is 17.0 Å². The van der Waals surface area contributed by atoms with Crippen molar-refractivity contribution in [1.29, 1.82) is 0 Å². The number of carbonyl (C=O) groups is 1. The van der Waals surface area contributed by atoms with Crippen molar-refractivity contribution in [2.45, 2.75) is 26.8 Å². The van der Waals surface area contributed by atoms with Gasteiger partial charge in [0.25, 0.3) is 0 Å². The van der Waals surface area contributed by atoms with Crippen LogP contribution in [0.3, 0.4) is 0 Å². The molecule has 1 heterocycles. The van der Waals surface area contributed by atoms with E-state index in [0.29, 0.717) is 31.1 Å². The van der Waals surface area contributed by atoms with E-state index in [0.717, 1.165) is 6.42 Å². The van der Waals surface area contributed by atoms with Crippen LogP contribution in [0.15, 0.2) is 0 Å². The van der Waals surface area contributed by atoms with Crippen molar-refractivity contribution in [2.24, 2.45) is 0 Å². The summed E-state index contributed by atoms with van der Waals surface area (Å²) in [6.07, 6.45) is 0.824. The molecule has 1 aromatic heterocycles. The summed E-state index contributed by atoms with van der Waals surface area (Å²) < 4.78 is 1.60. The number of aromatic nitrogens is 2. The average Bonchev–Trinajstić information content (AvgIpc) is 2.70. The van der Waals surface area contributed by atoms with Gasteiger partial charge in [-0.3, -0.25) is 10.1 Å². The molecule has 0 radical (unpaired) electrons. The summed E-state index contributed by atoms with van der Waals surface area (Å²) >= 11 is 0. The zero-order chi connectivity index (χ0) is 16.0. The molecule has 0 saturated heterocycles. The molecule has 0 aliphatic carbocycles. The molecule has 21 heavy (non-hydrogen) atoms. The first-order valence-corrected chi connectivity index (χ1v) is 6.79. The molecule has 0 bridgehead atoms. The second-order valence-electron chi connectivity index (χ2n) is 4.82. The van der Waals surface area contributed by atoms with E-state index in [-0.39, 0.29) is 11.7 Å². The summed E-state index contributed by atoms with van der Waals surface area (Å²) in [5, 5.41) is 21.0. The van der Waals surface area contributed by atoms with Crippen LogP contribution in [0.25, 0.3) is 0 Å². The molecule has 2 amide bonds. The number of nitrogens with one attached hydrogen (secondary N) is 2. The SMILES string of the molecule is CCCn1nc(C)c([N+](=O)[O-])c1NCCNC(=O)N(C)C. The van der Waals surface area contributed by atoms with Gasteiger partial charge in [-0.05, 0) is 13.3 Å². The smallest absolute Gasteiger partial charge is 0.333 e. The quantitative estimate of drug-likeness (QED) is 0.447. The second kappa shape index (κ2) is 7.46. The maximum atomic E-state index is 11.4. The zero-order valence-electron chi connectivity index (χ0n) is 12.8. The lowest BCUT2D eigenvalue weighted by molar-refractivity contribution is -0.384. The van der Waals surface area contributed by atoms with Gasteiger partial charge in [0.05, 0.1) is 4.92 Å². The number of nitro groups is 1. The van der Waals surface area contributed by atoms with E-state index < -0.39 is 4.92 Å². The first-order chi connectivity index (χ1) is 9.88. The summed E-state index contributed by atoms with van der Waals surface area (Å²) in [7, 11) is 3.29. The van der Waals surface area contributed by atoms with Crippen LogP contribution in [0.5, 0.6) is 0 Å². The lowest BCUT2D eigenvalue weighted by atomic mass is 10.3. The van der Waals surface area contributed by atoms with Gasteiger partial charge < -0.3 is 15.5 Å². The fourth-order valence-corrected chi connectivity index (χ4v) is 1.85. The average molecular weight is 298 g/mol. The normalized spacial score (nSPS) is 10.3. The number of hydrogen-bond donors (Lipinski definition) is 2. The molecule has 0 saturated carbocycles. The van der Waals surface area contributed by atoms with Gasteiger partial charge in [-0.25, -0.2) is 9.48 Å². The van der Waals surface area contributed by atoms with Gasteiger partial charge in [-0.1, -0.05) is 6.92 Å². The fourth-order valence-electron chi connectivity index (χ4n) is 1.85. The molecule has 0 fully saturated rings. The molecule has 118 valence electrons. The van der Waals surface area contributed by atoms with Crippen LogP contribution in [0.4, 0.5) is 16.3 Å². The van der Waals surface area contributed by atoms with Crippen LogP contribution in [-0.4, -0.2) is 52.8 Å². The molecule has 9 heteroatoms. The molecule has 0 spiro atoms. The largest absolute Gasteiger partial charge is 0.363 e. The summed E-state index contributed by atoms with van der Waals surface area (Å²) in [4.78, 5) is 23.5. The molecular formula is C12H22N6O3. The number of rotatable bonds is 7. The van der Waals surface area contributed by atoms with Gasteiger partial charge in [-0.2, -0.15) is 5.10 Å². The van der Waals surface area contributed by atoms with Crippen LogP contribution >= 0.6 is 0 Å². The Morgan fingerprint density at radius 2 is 2.10 bits per heavy atom. The number of aryl methyl sites for hydroxylation is 2. The lowest BCUT2D eigenvalue weighted by Gasteiger charge is -2.13. The van der Waals surface area contributed by atoms with E-state index in [2.05, 4.69) is 15.7 Å². The number of nitrogens with zero attached hydrogens (tertiary/aromatic N) is 4. The van der Waals surface area contributed by atoms with Crippen molar-refractivity contribution in [1.82, 2.24) is 20.0 Å². The third-order valence-corrected chi connectivity index (χ3v) is 2.81. The van der Waals surface area contributed by atoms with Crippen molar-refractivity contribution >= 4 is 17.5 Å². The van der Waals surface area contributed by atoms with Gasteiger partial charge >= 0.3 is 11.7 Å². The van der Waals surface area contributed by atoms with E-state index in [4.69, 9.17) is 0 Å². The molecule has 0 aliphatic rings. The second-order valence-corrected chi connectivity index (χ2v) is 4.82. The summed E-state index contributed by atoms with van der Waals surface area (Å²) in [6, 6.07) is -0.204. The maximum absolute atomic E-state index is 11.4. The minimum Gasteiger partial charge on any atom is -0.363 e. The first kappa shape index (κ1) is 16.7. The van der Waals surface area contributed by atoms with Crippen LogP contribution < -0.4 is 10.6 Å². The number of anilines is 1. The van der Waals surface area contributed by atoms with Crippen molar-refractivity contribution < 1.29 is 9.72 Å². The van der Waals surface area contributed by atoms with Crippen molar-refractivity contribution in [3.63, 3.8) is 0 Å². The third kappa shape index (κ3) is 4.33. The highest BCUT2D eigenvalue weighted by Crippen LogP contribution is 2.28. The molecule has 1 rings (SSSR count). The number of amides is 2. The van der Waals surface area contributed by atoms with Crippen LogP contribution in [0.2, 0.25) is 0 Å². The predicted octanol–water partition coefficient (Wildman–Crippen LogP) is 1.19. The molecule has 0 aliphatic heterocycles. The highest BCUT2D eigenvalue weighted by atomic mass is 16.6. The monoisotopic (exact) mass is 298 g/mol. The Morgan fingerprint density at radius 3 is 2.62 bits per heavy atom. The number of carbonyl (C=O) groups excluding carboxylic acids is 1. The van der Waals surface area contributed by atoms with E-state index >= 15 is 0 Å². The van der Waals surface area contributed by atoms with E-state index in [1.54, 1.807) is 25.7 Å². The van der Waals surface area contributed by atoms with Crippen molar-refractivity contribution in [2.75, 3.05) is 32.5 Å². The molecule has 2 N–H and O–H groups in total. The van der Waals surface area contributed by atoms with Crippen LogP contribution in [-0.2, 0) is 6.54 Å². The van der Waals surface area contributed by atoms with E-state index in [9.17, 15) is 14.9 Å². The van der Waals surface area contributed by atoms with Gasteiger partial charge in [0, 0.05) is 33.7 Å². The Labute approximate surface area is 123 Å². The van der Waals surface area contributed by atoms with E-state index in [1.165, 1.54) is 4.90 Å². The van der Waals surface area contributed by atoms with E-state index in [1.807, 2.05) is 6.92 Å². The minimum absolute atomic E-state index is 0.0117. The Bertz CT molecular complexity index is 511. The number of urea groups is 1. The molecule has 9 nitrogen and oxygen atoms in total. The van der Waals surface area contributed by atoms with Crippen molar-refractivity contribution in [3.05, 3.63) is 15.8 Å². The Morgan fingerprint density at radius 1 is 1.43 bits per heavy atom. The maximum Gasteiger partial charge on any atom is 0.333 e. The Balaban J connectivity index is 2.72. The summed E-state index contributed by atoms with van der Waals surface area (Å²) in [6.45, 7) is 4.94. The highest BCUT2D eigenvalue weighted by molar-refractivity contribution is 5.73. The highest BCUT2D eigenvalue weighted by Gasteiger charge is 2.24. The lowest BCUT2D eigenvalue weighted by Crippen LogP contribution is -2.37. The van der Waals surface area contributed by atoms with Gasteiger partial charge in [0.1, 0.15) is 5.69 Å². The molecule has 0 aromatic carbocycles. The molecule has 0 atom stereocenters. The number of hydrogen-bond acceptors (Lipinski definition) is 5. The standard InChI is InChI=1S/C12H22N6O3/c1-5-8-17-11(10(18(20)21)9(2)15-17)13-6-7-14-12(19)16(3)4/h13H,5-8H2,1-4H3,(H,14,19). The molecular weight excluding hydrogens is 276 g/mol. The minimum atomic E-state index is -0.435. The van der Waals surface area contributed by atoms with Crippen LogP contribution in [0.1, 0.15) is 19.0 Å². The van der Waals surface area contributed by atoms with Gasteiger partial charge in [0.2, 0.25) is 5.82 Å². The molecule has 1 aromatic rings. The fraction of sp³-hybridized carbons (Fsp3) is 0.667. The third-order valence-electron chi connectivity index (χ3n) is 2.81. The Kier molecular flexibility index (Phi) is 5.94.